The number of hydrogen-bond acceptors (Lipinski definition) is 7. The number of aromatic nitrogens is 4. The van der Waals surface area contributed by atoms with E-state index < -0.39 is 17.4 Å². The number of fused-ring (bicyclic) bond motifs is 1. The second kappa shape index (κ2) is 7.35. The van der Waals surface area contributed by atoms with Crippen LogP contribution in [0.5, 0.6) is 0 Å². The molecule has 0 unspecified atom stereocenters. The van der Waals surface area contributed by atoms with Crippen molar-refractivity contribution < 1.29 is 14.1 Å². The maximum absolute atomic E-state index is 12.8. The quantitative estimate of drug-likeness (QED) is 0.542. The molecule has 0 atom stereocenters. The van der Waals surface area contributed by atoms with Gasteiger partial charge in [-0.25, -0.2) is 9.66 Å². The standard InChI is InChI=1S/C19H14N6O4/c1-11-8-16(24-29-11)22-17(26)14-10-25(19(28)13-5-3-2-4-12(13)14)23-18(27)15-9-20-6-7-21-15/h2-10H,1H3,(H,23,27)(H,22,24,26). The molecule has 0 radical (unpaired) electrons. The van der Waals surface area contributed by atoms with Crippen molar-refractivity contribution in [1.29, 1.82) is 0 Å². The summed E-state index contributed by atoms with van der Waals surface area (Å²) in [7, 11) is 0. The summed E-state index contributed by atoms with van der Waals surface area (Å²) in [5.74, 6) is -0.393. The Balaban J connectivity index is 1.75. The molecule has 144 valence electrons. The average molecular weight is 390 g/mol. The first-order chi connectivity index (χ1) is 14.0. The van der Waals surface area contributed by atoms with Gasteiger partial charge in [-0.2, -0.15) is 0 Å². The van der Waals surface area contributed by atoms with E-state index in [-0.39, 0.29) is 22.5 Å². The van der Waals surface area contributed by atoms with Gasteiger partial charge in [-0.15, -0.1) is 0 Å². The minimum absolute atomic E-state index is 0.0247. The van der Waals surface area contributed by atoms with Gasteiger partial charge in [-0.1, -0.05) is 23.4 Å². The van der Waals surface area contributed by atoms with E-state index in [1.54, 1.807) is 37.3 Å². The van der Waals surface area contributed by atoms with Gasteiger partial charge in [0.1, 0.15) is 11.5 Å². The molecular weight excluding hydrogens is 376 g/mol. The molecule has 4 rings (SSSR count). The van der Waals surface area contributed by atoms with E-state index in [1.807, 2.05) is 0 Å². The Labute approximate surface area is 163 Å². The summed E-state index contributed by atoms with van der Waals surface area (Å²) in [5.41, 5.74) is 2.13. The molecule has 0 saturated carbocycles. The summed E-state index contributed by atoms with van der Waals surface area (Å²) >= 11 is 0. The van der Waals surface area contributed by atoms with E-state index in [1.165, 1.54) is 24.8 Å². The van der Waals surface area contributed by atoms with Crippen LogP contribution in [0.25, 0.3) is 10.8 Å². The zero-order valence-electron chi connectivity index (χ0n) is 15.1. The van der Waals surface area contributed by atoms with Gasteiger partial charge < -0.3 is 9.84 Å². The van der Waals surface area contributed by atoms with Crippen molar-refractivity contribution in [3.8, 4) is 0 Å². The van der Waals surface area contributed by atoms with Crippen LogP contribution in [0.3, 0.4) is 0 Å². The van der Waals surface area contributed by atoms with Gasteiger partial charge >= 0.3 is 0 Å². The molecule has 10 heteroatoms. The molecule has 0 aliphatic heterocycles. The van der Waals surface area contributed by atoms with Crippen LogP contribution in [-0.2, 0) is 0 Å². The lowest BCUT2D eigenvalue weighted by Gasteiger charge is -2.12. The normalized spacial score (nSPS) is 10.7. The molecule has 0 aliphatic carbocycles. The molecule has 2 amide bonds. The topological polar surface area (TPSA) is 132 Å². The van der Waals surface area contributed by atoms with Crippen LogP contribution in [-0.4, -0.2) is 31.6 Å². The number of aryl methyl sites for hydroxylation is 1. The summed E-state index contributed by atoms with van der Waals surface area (Å²) in [6.07, 6.45) is 5.30. The van der Waals surface area contributed by atoms with Gasteiger partial charge in [0, 0.05) is 35.4 Å². The predicted octanol–water partition coefficient (Wildman–Crippen LogP) is 1.72. The number of hydrogen-bond donors (Lipinski definition) is 2. The first-order valence-electron chi connectivity index (χ1n) is 8.49. The van der Waals surface area contributed by atoms with Crippen LogP contribution in [0.1, 0.15) is 26.6 Å². The third kappa shape index (κ3) is 3.58. The number of nitrogens with zero attached hydrogens (tertiary/aromatic N) is 4. The molecule has 4 aromatic rings. The van der Waals surface area contributed by atoms with Gasteiger partial charge in [0.2, 0.25) is 0 Å². The lowest BCUT2D eigenvalue weighted by Crippen LogP contribution is -2.34. The van der Waals surface area contributed by atoms with E-state index >= 15 is 0 Å². The molecule has 0 saturated heterocycles. The summed E-state index contributed by atoms with van der Waals surface area (Å²) in [5, 5.41) is 7.03. The summed E-state index contributed by atoms with van der Waals surface area (Å²) in [6.45, 7) is 1.69. The second-order valence-electron chi connectivity index (χ2n) is 6.07. The third-order valence-corrected chi connectivity index (χ3v) is 4.06. The molecule has 2 N–H and O–H groups in total. The Hall–Kier alpha value is -4.34. The van der Waals surface area contributed by atoms with Crippen molar-refractivity contribution >= 4 is 28.4 Å². The van der Waals surface area contributed by atoms with E-state index in [0.717, 1.165) is 4.68 Å². The van der Waals surface area contributed by atoms with Crippen molar-refractivity contribution in [3.05, 3.63) is 82.5 Å². The number of pyridine rings is 1. The summed E-state index contributed by atoms with van der Waals surface area (Å²) in [4.78, 5) is 45.7. The minimum Gasteiger partial charge on any atom is -0.360 e. The highest BCUT2D eigenvalue weighted by Crippen LogP contribution is 2.17. The lowest BCUT2D eigenvalue weighted by atomic mass is 10.1. The molecule has 3 aromatic heterocycles. The lowest BCUT2D eigenvalue weighted by molar-refractivity contribution is 0.0995. The van der Waals surface area contributed by atoms with Crippen molar-refractivity contribution in [2.24, 2.45) is 0 Å². The SMILES string of the molecule is Cc1cc(NC(=O)c2cn(NC(=O)c3cnccn3)c(=O)c3ccccc23)no1. The number of nitrogens with one attached hydrogen (secondary N) is 2. The monoisotopic (exact) mass is 390 g/mol. The zero-order valence-corrected chi connectivity index (χ0v) is 15.1. The van der Waals surface area contributed by atoms with Gasteiger partial charge in [-0.05, 0) is 13.0 Å². The molecule has 3 heterocycles. The Kier molecular flexibility index (Phi) is 4.57. The number of benzene rings is 1. The first-order valence-corrected chi connectivity index (χ1v) is 8.49. The molecular formula is C19H14N6O4. The fourth-order valence-electron chi connectivity index (χ4n) is 2.75. The van der Waals surface area contributed by atoms with Gasteiger partial charge in [0.15, 0.2) is 5.82 Å². The van der Waals surface area contributed by atoms with Crippen LogP contribution in [0, 0.1) is 6.92 Å². The highest BCUT2D eigenvalue weighted by molar-refractivity contribution is 6.12. The molecule has 0 aliphatic rings. The van der Waals surface area contributed by atoms with Crippen LogP contribution in [0.15, 0.2) is 64.4 Å². The fourth-order valence-corrected chi connectivity index (χ4v) is 2.75. The van der Waals surface area contributed by atoms with Crippen molar-refractivity contribution in [2.75, 3.05) is 10.7 Å². The predicted molar refractivity (Wildman–Crippen MR) is 103 cm³/mol. The van der Waals surface area contributed by atoms with Crippen LogP contribution in [0.4, 0.5) is 5.82 Å². The van der Waals surface area contributed by atoms with Crippen molar-refractivity contribution in [1.82, 2.24) is 19.8 Å². The number of carbonyl (C=O) groups is 2. The number of amides is 2. The van der Waals surface area contributed by atoms with Crippen LogP contribution < -0.4 is 16.3 Å². The van der Waals surface area contributed by atoms with E-state index in [4.69, 9.17) is 4.52 Å². The Morgan fingerprint density at radius 3 is 2.59 bits per heavy atom. The second-order valence-corrected chi connectivity index (χ2v) is 6.07. The molecule has 0 bridgehead atoms. The molecule has 1 aromatic carbocycles. The smallest absolute Gasteiger partial charge is 0.290 e. The molecule has 29 heavy (non-hydrogen) atoms. The van der Waals surface area contributed by atoms with E-state index in [0.29, 0.717) is 11.1 Å². The van der Waals surface area contributed by atoms with Crippen LogP contribution >= 0.6 is 0 Å². The highest BCUT2D eigenvalue weighted by atomic mass is 16.5. The molecule has 0 fully saturated rings. The van der Waals surface area contributed by atoms with Crippen molar-refractivity contribution in [2.45, 2.75) is 6.92 Å². The number of anilines is 1. The Bertz CT molecular complexity index is 1280. The maximum Gasteiger partial charge on any atom is 0.290 e. The number of rotatable bonds is 4. The zero-order chi connectivity index (χ0) is 20.4. The Morgan fingerprint density at radius 2 is 1.90 bits per heavy atom. The van der Waals surface area contributed by atoms with Gasteiger partial charge in [-0.3, -0.25) is 24.8 Å². The largest absolute Gasteiger partial charge is 0.360 e. The summed E-state index contributed by atoms with van der Waals surface area (Å²) in [6, 6.07) is 8.16. The van der Waals surface area contributed by atoms with E-state index in [2.05, 4.69) is 25.9 Å². The Morgan fingerprint density at radius 1 is 1.10 bits per heavy atom. The summed E-state index contributed by atoms with van der Waals surface area (Å²) < 4.78 is 5.89. The van der Waals surface area contributed by atoms with Gasteiger partial charge in [0.25, 0.3) is 17.4 Å². The van der Waals surface area contributed by atoms with Crippen molar-refractivity contribution in [3.63, 3.8) is 0 Å². The highest BCUT2D eigenvalue weighted by Gasteiger charge is 2.18. The third-order valence-electron chi connectivity index (χ3n) is 4.06. The fraction of sp³-hybridized carbons (Fsp3) is 0.0526. The molecule has 0 spiro atoms. The number of carbonyl (C=O) groups excluding carboxylic acids is 2. The van der Waals surface area contributed by atoms with Gasteiger partial charge in [0.05, 0.1) is 11.8 Å². The minimum atomic E-state index is -0.644. The molecule has 10 nitrogen and oxygen atoms in total. The van der Waals surface area contributed by atoms with Crippen LogP contribution in [0.2, 0.25) is 0 Å². The average Bonchev–Trinajstić information content (AvgIpc) is 3.15. The first kappa shape index (κ1) is 18.0. The maximum atomic E-state index is 12.8. The van der Waals surface area contributed by atoms with E-state index in [9.17, 15) is 14.4 Å².